The van der Waals surface area contributed by atoms with E-state index in [0.29, 0.717) is 17.1 Å². The van der Waals surface area contributed by atoms with Gasteiger partial charge in [-0.2, -0.15) is 18.4 Å². The number of pyridine rings is 1. The van der Waals surface area contributed by atoms with Crippen molar-refractivity contribution in [1.82, 2.24) is 14.1 Å². The van der Waals surface area contributed by atoms with Crippen LogP contribution in [0.3, 0.4) is 0 Å². The lowest BCUT2D eigenvalue weighted by atomic mass is 9.93. The minimum absolute atomic E-state index is 0.0825. The zero-order valence-electron chi connectivity index (χ0n) is 35.2. The lowest BCUT2D eigenvalue weighted by Crippen LogP contribution is -2.07. The lowest BCUT2D eigenvalue weighted by molar-refractivity contribution is -0.137. The maximum Gasteiger partial charge on any atom is 0.416 e. The predicted molar refractivity (Wildman–Crippen MR) is 247 cm³/mol. The van der Waals surface area contributed by atoms with Crippen LogP contribution in [0.2, 0.25) is 0 Å². The molecule has 10 aromatic rings. The molecule has 62 heavy (non-hydrogen) atoms. The first-order valence-corrected chi connectivity index (χ1v) is 20.7. The molecular formula is C55H41F3N4. The van der Waals surface area contributed by atoms with Gasteiger partial charge in [0.05, 0.1) is 51.1 Å². The number of hydrogen-bond acceptors (Lipinski definition) is 2. The Bertz CT molecular complexity index is 3490. The molecule has 7 aromatic carbocycles. The smallest absolute Gasteiger partial charge is 0.307 e. The molecule has 0 saturated carbocycles. The van der Waals surface area contributed by atoms with Gasteiger partial charge in [0, 0.05) is 27.1 Å². The number of aryl methyl sites for hydroxylation is 6. The van der Waals surface area contributed by atoms with E-state index in [1.54, 1.807) is 6.20 Å². The van der Waals surface area contributed by atoms with Gasteiger partial charge in [0.1, 0.15) is 5.82 Å². The summed E-state index contributed by atoms with van der Waals surface area (Å²) in [6, 6.07) is 45.4. The average Bonchev–Trinajstić information content (AvgIpc) is 3.74. The first-order valence-electron chi connectivity index (χ1n) is 20.7. The number of fused-ring (bicyclic) bond motifs is 6. The van der Waals surface area contributed by atoms with Gasteiger partial charge in [-0.1, -0.05) is 83.9 Å². The molecule has 0 fully saturated rings. The van der Waals surface area contributed by atoms with Crippen molar-refractivity contribution in [3.63, 3.8) is 0 Å². The number of nitriles is 1. The zero-order chi connectivity index (χ0) is 43.2. The van der Waals surface area contributed by atoms with E-state index >= 15 is 0 Å². The highest BCUT2D eigenvalue weighted by molar-refractivity contribution is 6.12. The highest BCUT2D eigenvalue weighted by Gasteiger charge is 2.32. The Morgan fingerprint density at radius 1 is 0.500 bits per heavy atom. The molecule has 3 aromatic heterocycles. The Morgan fingerprint density at radius 3 is 1.50 bits per heavy atom. The predicted octanol–water partition coefficient (Wildman–Crippen LogP) is 15.0. The van der Waals surface area contributed by atoms with Gasteiger partial charge in [-0.25, -0.2) is 4.98 Å². The third-order valence-corrected chi connectivity index (χ3v) is 12.3. The molecule has 10 rings (SSSR count). The Morgan fingerprint density at radius 2 is 0.984 bits per heavy atom. The van der Waals surface area contributed by atoms with Crippen LogP contribution in [0.5, 0.6) is 0 Å². The Kier molecular flexibility index (Phi) is 8.97. The van der Waals surface area contributed by atoms with Gasteiger partial charge >= 0.3 is 6.18 Å². The van der Waals surface area contributed by atoms with Crippen LogP contribution in [0.15, 0.2) is 140 Å². The van der Waals surface area contributed by atoms with E-state index in [-0.39, 0.29) is 11.1 Å². The molecule has 0 N–H and O–H groups in total. The number of aromatic nitrogens is 3. The number of nitrogens with zero attached hydrogens (tertiary/aromatic N) is 4. The first-order chi connectivity index (χ1) is 29.8. The summed E-state index contributed by atoms with van der Waals surface area (Å²) in [6.45, 7) is 12.8. The van der Waals surface area contributed by atoms with Crippen molar-refractivity contribution in [2.45, 2.75) is 47.7 Å². The molecule has 4 nitrogen and oxygen atoms in total. The fourth-order valence-corrected chi connectivity index (χ4v) is 10.0. The molecule has 0 aliphatic heterocycles. The molecule has 302 valence electrons. The van der Waals surface area contributed by atoms with Crippen molar-refractivity contribution in [3.8, 4) is 51.0 Å². The van der Waals surface area contributed by atoms with Crippen LogP contribution < -0.4 is 0 Å². The highest BCUT2D eigenvalue weighted by Crippen LogP contribution is 2.43. The molecule has 0 aliphatic carbocycles. The van der Waals surface area contributed by atoms with Crippen LogP contribution in [0.1, 0.15) is 44.5 Å². The summed E-state index contributed by atoms with van der Waals surface area (Å²) in [5, 5.41) is 14.1. The van der Waals surface area contributed by atoms with Gasteiger partial charge in [0.15, 0.2) is 0 Å². The minimum Gasteiger partial charge on any atom is -0.307 e. The number of hydrogen-bond donors (Lipinski definition) is 0. The van der Waals surface area contributed by atoms with E-state index in [1.165, 1.54) is 50.6 Å². The fourth-order valence-electron chi connectivity index (χ4n) is 10.0. The molecule has 0 bridgehead atoms. The first kappa shape index (κ1) is 38.8. The van der Waals surface area contributed by atoms with Crippen LogP contribution in [-0.2, 0) is 6.18 Å². The maximum atomic E-state index is 14.6. The third-order valence-electron chi connectivity index (χ3n) is 12.3. The summed E-state index contributed by atoms with van der Waals surface area (Å²) >= 11 is 0. The normalized spacial score (nSPS) is 11.9. The monoisotopic (exact) mass is 814 g/mol. The summed E-state index contributed by atoms with van der Waals surface area (Å²) < 4.78 is 47.9. The van der Waals surface area contributed by atoms with E-state index in [1.807, 2.05) is 48.5 Å². The number of alkyl halides is 3. The number of benzene rings is 7. The molecule has 0 unspecified atom stereocenters. The van der Waals surface area contributed by atoms with Crippen molar-refractivity contribution < 1.29 is 13.2 Å². The van der Waals surface area contributed by atoms with Crippen molar-refractivity contribution in [3.05, 3.63) is 184 Å². The average molecular weight is 815 g/mol. The summed E-state index contributed by atoms with van der Waals surface area (Å²) in [5.41, 5.74) is 15.7. The second-order valence-corrected chi connectivity index (χ2v) is 16.7. The molecule has 0 aliphatic rings. The number of rotatable bonds is 5. The van der Waals surface area contributed by atoms with Crippen LogP contribution in [0.25, 0.3) is 88.5 Å². The summed E-state index contributed by atoms with van der Waals surface area (Å²) in [5.74, 6) is 0.537. The van der Waals surface area contributed by atoms with Gasteiger partial charge in [0.25, 0.3) is 0 Å². The van der Waals surface area contributed by atoms with Crippen molar-refractivity contribution >= 4 is 43.6 Å². The zero-order valence-corrected chi connectivity index (χ0v) is 35.2. The quantitative estimate of drug-likeness (QED) is 0.174. The Hall–Kier alpha value is -7.43. The van der Waals surface area contributed by atoms with Gasteiger partial charge in [-0.05, 0) is 152 Å². The molecule has 0 saturated heterocycles. The van der Waals surface area contributed by atoms with Crippen LogP contribution in [0, 0.1) is 52.9 Å². The Balaban J connectivity index is 1.25. The molecule has 3 heterocycles. The Labute approximate surface area is 357 Å². The highest BCUT2D eigenvalue weighted by atomic mass is 19.4. The molecule has 0 spiro atoms. The third kappa shape index (κ3) is 6.25. The van der Waals surface area contributed by atoms with Crippen LogP contribution >= 0.6 is 0 Å². The van der Waals surface area contributed by atoms with E-state index in [0.717, 1.165) is 66.9 Å². The minimum atomic E-state index is -4.67. The molecule has 0 radical (unpaired) electrons. The van der Waals surface area contributed by atoms with E-state index in [4.69, 9.17) is 4.98 Å². The topological polar surface area (TPSA) is 46.5 Å². The van der Waals surface area contributed by atoms with Crippen LogP contribution in [-0.4, -0.2) is 14.1 Å². The number of para-hydroxylation sites is 2. The lowest BCUT2D eigenvalue weighted by Gasteiger charge is -2.18. The van der Waals surface area contributed by atoms with E-state index in [9.17, 15) is 18.4 Å². The van der Waals surface area contributed by atoms with Crippen molar-refractivity contribution in [2.24, 2.45) is 0 Å². The maximum absolute atomic E-state index is 14.6. The van der Waals surface area contributed by atoms with Gasteiger partial charge in [-0.15, -0.1) is 0 Å². The van der Waals surface area contributed by atoms with Crippen molar-refractivity contribution in [2.75, 3.05) is 0 Å². The van der Waals surface area contributed by atoms with Gasteiger partial charge < -0.3 is 4.57 Å². The largest absolute Gasteiger partial charge is 0.416 e. The molecule has 7 heteroatoms. The molecular weight excluding hydrogens is 774 g/mol. The fraction of sp³-hybridized carbons (Fsp3) is 0.127. The molecule has 0 atom stereocenters. The van der Waals surface area contributed by atoms with Crippen molar-refractivity contribution in [1.29, 1.82) is 5.26 Å². The van der Waals surface area contributed by atoms with Gasteiger partial charge in [-0.3, -0.25) is 4.57 Å². The SMILES string of the molecule is Cc1cc(C)c(-c2ccc3c(c2)c2ccccc2n3-c2cc(-c3cc(C#N)cc(C(F)(F)F)c3)c(-n3c4ccccc4c4cc(-c5c(C)cc(C)cc5C)ccc43)cn2)c(C)c1. The van der Waals surface area contributed by atoms with Gasteiger partial charge in [0.2, 0.25) is 0 Å². The summed E-state index contributed by atoms with van der Waals surface area (Å²) in [4.78, 5) is 5.16. The number of halogens is 3. The van der Waals surface area contributed by atoms with Crippen LogP contribution in [0.4, 0.5) is 13.2 Å². The summed E-state index contributed by atoms with van der Waals surface area (Å²) in [6.07, 6.45) is -2.91. The second kappa shape index (κ2) is 14.4. The van der Waals surface area contributed by atoms with E-state index in [2.05, 4.69) is 123 Å². The second-order valence-electron chi connectivity index (χ2n) is 16.7. The molecule has 0 amide bonds. The van der Waals surface area contributed by atoms with E-state index < -0.39 is 11.7 Å². The standard InChI is InChI=1S/C55H41F3N4/c1-31-19-33(3)53(34(4)20-31)38-15-17-49-45(26-38)42-11-7-9-13-47(42)61(49)51-30-60-52(28-44(51)40-23-37(29-59)24-41(25-40)55(56,57)58)62-48-14-10-8-12-43(48)46-27-39(16-18-50(46)62)54-35(5)21-32(2)22-36(54)6/h7-28,30H,1-6H3. The summed E-state index contributed by atoms with van der Waals surface area (Å²) in [7, 11) is 0.